The second-order valence-electron chi connectivity index (χ2n) is 4.08. The quantitative estimate of drug-likeness (QED) is 0.705. The predicted octanol–water partition coefficient (Wildman–Crippen LogP) is 0.694. The summed E-state index contributed by atoms with van der Waals surface area (Å²) >= 11 is 0. The first-order valence-corrected chi connectivity index (χ1v) is 7.02. The van der Waals surface area contributed by atoms with Crippen LogP contribution in [0.15, 0.2) is 40.3 Å². The number of sulfonamides is 1. The molecule has 8 heteroatoms. The van der Waals surface area contributed by atoms with Crippen LogP contribution in [-0.2, 0) is 19.6 Å². The summed E-state index contributed by atoms with van der Waals surface area (Å²) in [6.45, 7) is 2.71. The van der Waals surface area contributed by atoms with E-state index in [4.69, 9.17) is 10.2 Å². The van der Waals surface area contributed by atoms with Gasteiger partial charge in [0.15, 0.2) is 0 Å². The molecular formula is C12H14N2O5S. The Hall–Kier alpha value is -2.19. The molecule has 1 aromatic rings. The zero-order chi connectivity index (χ0) is 15.5. The number of carboxylic acid groups (broad SMARTS) is 1. The van der Waals surface area contributed by atoms with Crippen molar-refractivity contribution in [1.29, 1.82) is 0 Å². The van der Waals surface area contributed by atoms with Crippen molar-refractivity contribution in [3.05, 3.63) is 35.4 Å². The van der Waals surface area contributed by atoms with E-state index >= 15 is 0 Å². The highest BCUT2D eigenvalue weighted by Gasteiger charge is 2.13. The molecule has 4 N–H and O–H groups in total. The normalized spacial score (nSPS) is 12.6. The molecule has 0 atom stereocenters. The van der Waals surface area contributed by atoms with Crippen molar-refractivity contribution < 1.29 is 23.1 Å². The molecule has 1 aromatic carbocycles. The number of carboxylic acids is 1. The number of nitrogens with two attached hydrogens (primary N) is 1. The third-order valence-corrected chi connectivity index (χ3v) is 3.59. The number of amides is 1. The van der Waals surface area contributed by atoms with E-state index in [1.54, 1.807) is 0 Å². The summed E-state index contributed by atoms with van der Waals surface area (Å²) in [6, 6.07) is 5.21. The summed E-state index contributed by atoms with van der Waals surface area (Å²) in [7, 11) is -3.79. The van der Waals surface area contributed by atoms with Crippen LogP contribution in [0.25, 0.3) is 0 Å². The third kappa shape index (κ3) is 3.90. The number of aliphatic carboxylic acids is 1. The predicted molar refractivity (Wildman–Crippen MR) is 72.5 cm³/mol. The molecule has 20 heavy (non-hydrogen) atoms. The van der Waals surface area contributed by atoms with E-state index in [0.717, 1.165) is 0 Å². The third-order valence-electron chi connectivity index (χ3n) is 2.66. The Morgan fingerprint density at radius 3 is 2.00 bits per heavy atom. The minimum absolute atomic E-state index is 0.0630. The number of primary sulfonamides is 1. The van der Waals surface area contributed by atoms with E-state index in [9.17, 15) is 18.0 Å². The Kier molecular flexibility index (Phi) is 4.64. The SMILES string of the molecule is C/C(C(=O)O)=C(\C)C(=O)Nc1ccc(S(N)(=O)=O)cc1. The second-order valence-corrected chi connectivity index (χ2v) is 5.64. The van der Waals surface area contributed by atoms with Crippen molar-refractivity contribution in [2.75, 3.05) is 5.32 Å². The molecule has 0 radical (unpaired) electrons. The standard InChI is InChI=1S/C12H14N2O5S/c1-7(8(2)12(16)17)11(15)14-9-3-5-10(6-4-9)20(13,18)19/h3-6H,1-2H3,(H,14,15)(H,16,17)(H2,13,18,19)/b8-7-. The van der Waals surface area contributed by atoms with Crippen LogP contribution in [0.3, 0.4) is 0 Å². The van der Waals surface area contributed by atoms with E-state index in [1.165, 1.54) is 38.1 Å². The van der Waals surface area contributed by atoms with Gasteiger partial charge in [-0.1, -0.05) is 0 Å². The fourth-order valence-corrected chi connectivity index (χ4v) is 1.80. The maximum atomic E-state index is 11.8. The number of carbonyl (C=O) groups excluding carboxylic acids is 1. The Labute approximate surface area is 116 Å². The fraction of sp³-hybridized carbons (Fsp3) is 0.167. The van der Waals surface area contributed by atoms with E-state index in [-0.39, 0.29) is 16.0 Å². The van der Waals surface area contributed by atoms with Crippen molar-refractivity contribution in [2.45, 2.75) is 18.7 Å². The minimum Gasteiger partial charge on any atom is -0.478 e. The van der Waals surface area contributed by atoms with Crippen LogP contribution < -0.4 is 10.5 Å². The summed E-state index contributed by atoms with van der Waals surface area (Å²) < 4.78 is 22.1. The van der Waals surface area contributed by atoms with Gasteiger partial charge in [0.25, 0.3) is 5.91 Å². The van der Waals surface area contributed by atoms with Gasteiger partial charge in [0.2, 0.25) is 10.0 Å². The van der Waals surface area contributed by atoms with Crippen molar-refractivity contribution in [3.63, 3.8) is 0 Å². The van der Waals surface area contributed by atoms with Crippen LogP contribution in [0.1, 0.15) is 13.8 Å². The number of hydrogen-bond donors (Lipinski definition) is 3. The molecule has 0 aromatic heterocycles. The van der Waals surface area contributed by atoms with Gasteiger partial charge >= 0.3 is 5.97 Å². The molecule has 0 heterocycles. The first-order chi connectivity index (χ1) is 9.12. The van der Waals surface area contributed by atoms with Gasteiger partial charge in [0, 0.05) is 16.8 Å². The van der Waals surface area contributed by atoms with Gasteiger partial charge in [-0.05, 0) is 38.1 Å². The molecule has 0 spiro atoms. The molecule has 0 aliphatic carbocycles. The molecule has 0 saturated carbocycles. The molecule has 1 rings (SSSR count). The lowest BCUT2D eigenvalue weighted by Crippen LogP contribution is -2.16. The molecule has 0 aliphatic heterocycles. The second kappa shape index (κ2) is 5.85. The van der Waals surface area contributed by atoms with Gasteiger partial charge < -0.3 is 10.4 Å². The topological polar surface area (TPSA) is 127 Å². The molecule has 7 nitrogen and oxygen atoms in total. The summed E-state index contributed by atoms with van der Waals surface area (Å²) in [5, 5.41) is 16.2. The molecule has 1 amide bonds. The highest BCUT2D eigenvalue weighted by molar-refractivity contribution is 7.89. The molecular weight excluding hydrogens is 284 g/mol. The number of hydrogen-bond acceptors (Lipinski definition) is 4. The highest BCUT2D eigenvalue weighted by Crippen LogP contribution is 2.14. The van der Waals surface area contributed by atoms with Crippen LogP contribution in [0.5, 0.6) is 0 Å². The summed E-state index contributed by atoms with van der Waals surface area (Å²) in [4.78, 5) is 22.4. The van der Waals surface area contributed by atoms with Crippen LogP contribution in [-0.4, -0.2) is 25.4 Å². The largest absolute Gasteiger partial charge is 0.478 e. The van der Waals surface area contributed by atoms with Gasteiger partial charge in [0.1, 0.15) is 0 Å². The Bertz CT molecular complexity index is 674. The van der Waals surface area contributed by atoms with Gasteiger partial charge in [-0.3, -0.25) is 4.79 Å². The lowest BCUT2D eigenvalue weighted by Gasteiger charge is -2.07. The fourth-order valence-electron chi connectivity index (χ4n) is 1.28. The number of carbonyl (C=O) groups is 2. The average molecular weight is 298 g/mol. The lowest BCUT2D eigenvalue weighted by atomic mass is 10.1. The summed E-state index contributed by atoms with van der Waals surface area (Å²) in [5.41, 5.74) is 0.330. The van der Waals surface area contributed by atoms with Crippen molar-refractivity contribution in [1.82, 2.24) is 0 Å². The minimum atomic E-state index is -3.79. The molecule has 0 bridgehead atoms. The maximum absolute atomic E-state index is 11.8. The number of nitrogens with one attached hydrogen (secondary N) is 1. The molecule has 0 unspecified atom stereocenters. The Balaban J connectivity index is 2.93. The van der Waals surface area contributed by atoms with Crippen LogP contribution in [0.4, 0.5) is 5.69 Å². The summed E-state index contributed by atoms with van der Waals surface area (Å²) in [5.74, 6) is -1.75. The van der Waals surface area contributed by atoms with E-state index in [2.05, 4.69) is 5.32 Å². The van der Waals surface area contributed by atoms with Crippen LogP contribution >= 0.6 is 0 Å². The van der Waals surface area contributed by atoms with Crippen LogP contribution in [0, 0.1) is 0 Å². The number of rotatable bonds is 4. The number of anilines is 1. The smallest absolute Gasteiger partial charge is 0.331 e. The first kappa shape index (κ1) is 15.9. The molecule has 108 valence electrons. The van der Waals surface area contributed by atoms with E-state index < -0.39 is 21.9 Å². The van der Waals surface area contributed by atoms with Gasteiger partial charge in [0.05, 0.1) is 4.90 Å². The Morgan fingerprint density at radius 1 is 1.10 bits per heavy atom. The molecule has 0 aliphatic rings. The van der Waals surface area contributed by atoms with Crippen molar-refractivity contribution in [3.8, 4) is 0 Å². The lowest BCUT2D eigenvalue weighted by molar-refractivity contribution is -0.133. The average Bonchev–Trinajstić information content (AvgIpc) is 2.36. The Morgan fingerprint density at radius 2 is 1.60 bits per heavy atom. The van der Waals surface area contributed by atoms with Crippen molar-refractivity contribution in [2.24, 2.45) is 5.14 Å². The van der Waals surface area contributed by atoms with E-state index in [0.29, 0.717) is 5.69 Å². The zero-order valence-corrected chi connectivity index (χ0v) is 11.7. The first-order valence-electron chi connectivity index (χ1n) is 5.48. The zero-order valence-electron chi connectivity index (χ0n) is 10.9. The van der Waals surface area contributed by atoms with Crippen molar-refractivity contribution >= 4 is 27.6 Å². The van der Waals surface area contributed by atoms with E-state index in [1.807, 2.05) is 0 Å². The van der Waals surface area contributed by atoms with Crippen LogP contribution in [0.2, 0.25) is 0 Å². The molecule has 0 saturated heterocycles. The summed E-state index contributed by atoms with van der Waals surface area (Å²) in [6.07, 6.45) is 0. The maximum Gasteiger partial charge on any atom is 0.331 e. The molecule has 0 fully saturated rings. The number of benzene rings is 1. The van der Waals surface area contributed by atoms with Gasteiger partial charge in [-0.25, -0.2) is 18.4 Å². The highest BCUT2D eigenvalue weighted by atomic mass is 32.2. The van der Waals surface area contributed by atoms with Gasteiger partial charge in [-0.15, -0.1) is 0 Å². The van der Waals surface area contributed by atoms with Gasteiger partial charge in [-0.2, -0.15) is 0 Å². The monoisotopic (exact) mass is 298 g/mol.